The van der Waals surface area contributed by atoms with Crippen molar-refractivity contribution in [2.24, 2.45) is 0 Å². The Balaban J connectivity index is 2.24. The molecule has 1 aromatic carbocycles. The van der Waals surface area contributed by atoms with Crippen LogP contribution in [0.2, 0.25) is 0 Å². The molecule has 0 unspecified atom stereocenters. The number of nitrogens with one attached hydrogen (secondary N) is 1. The zero-order valence-electron chi connectivity index (χ0n) is 8.98. The van der Waals surface area contributed by atoms with Gasteiger partial charge in [0.05, 0.1) is 12.1 Å². The lowest BCUT2D eigenvalue weighted by Crippen LogP contribution is -2.17. The van der Waals surface area contributed by atoms with Crippen LogP contribution in [0.3, 0.4) is 0 Å². The average molecular weight is 267 g/mol. The molecule has 0 bridgehead atoms. The lowest BCUT2D eigenvalue weighted by atomic mass is 10.3. The maximum absolute atomic E-state index is 13.7. The van der Waals surface area contributed by atoms with Gasteiger partial charge in [0.1, 0.15) is 10.5 Å². The molecule has 0 fully saturated rings. The molecule has 7 heteroatoms. The van der Waals surface area contributed by atoms with Gasteiger partial charge in [-0.2, -0.15) is 0 Å². The Bertz CT molecular complexity index is 761. The van der Waals surface area contributed by atoms with Crippen molar-refractivity contribution in [2.75, 3.05) is 0 Å². The first-order valence-corrected chi connectivity index (χ1v) is 5.99. The molecule has 1 N–H and O–H groups in total. The number of aromatic nitrogens is 3. The second kappa shape index (κ2) is 4.02. The highest BCUT2D eigenvalue weighted by Gasteiger charge is 2.15. The fourth-order valence-electron chi connectivity index (χ4n) is 1.81. The number of aromatic amines is 1. The van der Waals surface area contributed by atoms with E-state index in [1.165, 1.54) is 17.4 Å². The average Bonchev–Trinajstić information content (AvgIpc) is 2.94. The number of nitrogens with zero attached hydrogens (tertiary/aromatic N) is 2. The molecule has 0 saturated carbocycles. The van der Waals surface area contributed by atoms with Crippen LogP contribution in [0, 0.1) is 11.6 Å². The summed E-state index contributed by atoms with van der Waals surface area (Å²) in [5, 5.41) is 2.41. The third kappa shape index (κ3) is 1.63. The highest BCUT2D eigenvalue weighted by atomic mass is 32.1. The predicted molar refractivity (Wildman–Crippen MR) is 63.7 cm³/mol. The Labute approximate surface area is 104 Å². The van der Waals surface area contributed by atoms with Crippen molar-refractivity contribution in [3.63, 3.8) is 0 Å². The number of benzene rings is 1. The summed E-state index contributed by atoms with van der Waals surface area (Å²) in [7, 11) is 0. The minimum Gasteiger partial charge on any atom is -0.305 e. The zero-order valence-corrected chi connectivity index (χ0v) is 9.80. The largest absolute Gasteiger partial charge is 0.326 e. The molecule has 92 valence electrons. The quantitative estimate of drug-likeness (QED) is 0.773. The van der Waals surface area contributed by atoms with Crippen molar-refractivity contribution in [1.29, 1.82) is 0 Å². The Kier molecular flexibility index (Phi) is 2.48. The number of thiazole rings is 1. The van der Waals surface area contributed by atoms with Crippen LogP contribution >= 0.6 is 11.3 Å². The van der Waals surface area contributed by atoms with E-state index in [2.05, 4.69) is 9.97 Å². The van der Waals surface area contributed by atoms with Crippen LogP contribution < -0.4 is 5.69 Å². The molecule has 4 nitrogen and oxygen atoms in total. The van der Waals surface area contributed by atoms with Crippen LogP contribution in [0.15, 0.2) is 28.5 Å². The topological polar surface area (TPSA) is 50.7 Å². The second-order valence-electron chi connectivity index (χ2n) is 3.70. The SMILES string of the molecule is O=c1[nH]c2ccc(F)c(F)c2n1Cc1nccs1. The van der Waals surface area contributed by atoms with E-state index in [1.54, 1.807) is 11.6 Å². The van der Waals surface area contributed by atoms with Crippen molar-refractivity contribution in [3.8, 4) is 0 Å². The number of rotatable bonds is 2. The van der Waals surface area contributed by atoms with Crippen LogP contribution in [-0.2, 0) is 6.54 Å². The Morgan fingerprint density at radius 1 is 1.39 bits per heavy atom. The maximum Gasteiger partial charge on any atom is 0.326 e. The summed E-state index contributed by atoms with van der Waals surface area (Å²) in [6, 6.07) is 2.33. The van der Waals surface area contributed by atoms with Gasteiger partial charge in [-0.1, -0.05) is 0 Å². The van der Waals surface area contributed by atoms with Gasteiger partial charge in [-0.05, 0) is 12.1 Å². The summed E-state index contributed by atoms with van der Waals surface area (Å²) >= 11 is 1.35. The van der Waals surface area contributed by atoms with E-state index in [9.17, 15) is 13.6 Å². The van der Waals surface area contributed by atoms with Gasteiger partial charge in [-0.15, -0.1) is 11.3 Å². The van der Waals surface area contributed by atoms with Gasteiger partial charge in [0.15, 0.2) is 11.6 Å². The van der Waals surface area contributed by atoms with Crippen LogP contribution in [0.1, 0.15) is 5.01 Å². The van der Waals surface area contributed by atoms with Crippen LogP contribution in [0.5, 0.6) is 0 Å². The monoisotopic (exact) mass is 267 g/mol. The molecule has 0 atom stereocenters. The lowest BCUT2D eigenvalue weighted by molar-refractivity contribution is 0.512. The van der Waals surface area contributed by atoms with E-state index < -0.39 is 17.3 Å². The normalized spacial score (nSPS) is 11.2. The number of halogens is 2. The number of fused-ring (bicyclic) bond motifs is 1. The van der Waals surface area contributed by atoms with Crippen LogP contribution in [0.25, 0.3) is 11.0 Å². The molecule has 0 amide bonds. The summed E-state index contributed by atoms with van der Waals surface area (Å²) in [6.07, 6.45) is 1.59. The van der Waals surface area contributed by atoms with Crippen LogP contribution in [-0.4, -0.2) is 14.5 Å². The molecule has 0 aliphatic heterocycles. The Hall–Kier alpha value is -2.02. The van der Waals surface area contributed by atoms with E-state index in [0.29, 0.717) is 5.01 Å². The molecule has 0 saturated heterocycles. The van der Waals surface area contributed by atoms with Crippen molar-refractivity contribution < 1.29 is 8.78 Å². The minimum absolute atomic E-state index is 0.0600. The first-order valence-electron chi connectivity index (χ1n) is 5.11. The summed E-state index contributed by atoms with van der Waals surface area (Å²) in [5.41, 5.74) is -0.268. The molecule has 0 aliphatic rings. The van der Waals surface area contributed by atoms with E-state index in [1.807, 2.05) is 0 Å². The highest BCUT2D eigenvalue weighted by molar-refractivity contribution is 7.09. The standard InChI is InChI=1S/C11H7F2N3OS/c12-6-1-2-7-10(9(6)13)16(11(17)15-7)5-8-14-3-4-18-8/h1-4H,5H2,(H,15,17). The Morgan fingerprint density at radius 3 is 2.94 bits per heavy atom. The molecule has 0 aliphatic carbocycles. The molecule has 3 rings (SSSR count). The lowest BCUT2D eigenvalue weighted by Gasteiger charge is -2.01. The van der Waals surface area contributed by atoms with Gasteiger partial charge in [0.25, 0.3) is 0 Å². The van der Waals surface area contributed by atoms with Crippen molar-refractivity contribution in [1.82, 2.24) is 14.5 Å². The van der Waals surface area contributed by atoms with Gasteiger partial charge in [-0.25, -0.2) is 18.6 Å². The third-order valence-electron chi connectivity index (χ3n) is 2.60. The molecular formula is C11H7F2N3OS. The molecule has 0 spiro atoms. The maximum atomic E-state index is 13.7. The fraction of sp³-hybridized carbons (Fsp3) is 0.0909. The molecular weight excluding hydrogens is 260 g/mol. The van der Waals surface area contributed by atoms with Gasteiger partial charge in [-0.3, -0.25) is 4.57 Å². The summed E-state index contributed by atoms with van der Waals surface area (Å²) < 4.78 is 28.1. The molecule has 0 radical (unpaired) electrons. The summed E-state index contributed by atoms with van der Waals surface area (Å²) in [4.78, 5) is 18.2. The van der Waals surface area contributed by atoms with E-state index in [0.717, 1.165) is 10.6 Å². The molecule has 2 heterocycles. The van der Waals surface area contributed by atoms with Gasteiger partial charge in [0.2, 0.25) is 0 Å². The van der Waals surface area contributed by atoms with Gasteiger partial charge in [0, 0.05) is 11.6 Å². The number of H-pyrrole nitrogens is 1. The zero-order chi connectivity index (χ0) is 12.7. The smallest absolute Gasteiger partial charge is 0.305 e. The third-order valence-corrected chi connectivity index (χ3v) is 3.37. The molecule has 3 aromatic rings. The fourth-order valence-corrected chi connectivity index (χ4v) is 2.41. The summed E-state index contributed by atoms with van der Waals surface area (Å²) in [5.74, 6) is -2.00. The van der Waals surface area contributed by atoms with Gasteiger partial charge >= 0.3 is 5.69 Å². The van der Waals surface area contributed by atoms with Crippen molar-refractivity contribution >= 4 is 22.4 Å². The first-order chi connectivity index (χ1) is 8.66. The van der Waals surface area contributed by atoms with Gasteiger partial charge < -0.3 is 4.98 Å². The van der Waals surface area contributed by atoms with E-state index in [-0.39, 0.29) is 17.6 Å². The van der Waals surface area contributed by atoms with Crippen molar-refractivity contribution in [3.05, 3.63) is 50.8 Å². The predicted octanol–water partition coefficient (Wildman–Crippen LogP) is 2.11. The Morgan fingerprint density at radius 2 is 2.22 bits per heavy atom. The van der Waals surface area contributed by atoms with E-state index in [4.69, 9.17) is 0 Å². The van der Waals surface area contributed by atoms with Crippen LogP contribution in [0.4, 0.5) is 8.78 Å². The number of imidazole rings is 1. The first kappa shape index (κ1) is 11.1. The number of hydrogen-bond donors (Lipinski definition) is 1. The molecule has 2 aromatic heterocycles. The number of hydrogen-bond acceptors (Lipinski definition) is 3. The molecule has 18 heavy (non-hydrogen) atoms. The minimum atomic E-state index is -1.03. The summed E-state index contributed by atoms with van der Waals surface area (Å²) in [6.45, 7) is 0.122. The second-order valence-corrected chi connectivity index (χ2v) is 4.68. The van der Waals surface area contributed by atoms with E-state index >= 15 is 0 Å². The highest BCUT2D eigenvalue weighted by Crippen LogP contribution is 2.19. The van der Waals surface area contributed by atoms with Crippen molar-refractivity contribution in [2.45, 2.75) is 6.54 Å².